The summed E-state index contributed by atoms with van der Waals surface area (Å²) in [4.78, 5) is 57.5. The Hall–Kier alpha value is -6.30. The molecule has 0 saturated heterocycles. The average Bonchev–Trinajstić information content (AvgIpc) is 3.56. The highest BCUT2D eigenvalue weighted by Gasteiger charge is 2.22. The van der Waals surface area contributed by atoms with E-state index in [0.717, 1.165) is 0 Å². The summed E-state index contributed by atoms with van der Waals surface area (Å²) in [6.07, 6.45) is 0. The summed E-state index contributed by atoms with van der Waals surface area (Å²) in [5, 5.41) is 19.8. The van der Waals surface area contributed by atoms with Crippen LogP contribution >= 0.6 is 0 Å². The molecule has 0 atom stereocenters. The maximum Gasteiger partial charge on any atom is 0.336 e. The topological polar surface area (TPSA) is 196 Å². The maximum atomic E-state index is 12.1. The second-order valence-electron chi connectivity index (χ2n) is 10.0. The summed E-state index contributed by atoms with van der Waals surface area (Å²) in [5.74, 6) is -2.81. The number of carboxylic acid groups (broad SMARTS) is 2. The number of rotatable bonds is 9. The molecule has 0 fully saturated rings. The minimum Gasteiger partial charge on any atom is -0.478 e. The van der Waals surface area contributed by atoms with Crippen molar-refractivity contribution in [1.82, 2.24) is 19.1 Å². The number of carbonyl (C=O) groups is 4. The Kier molecular flexibility index (Phi) is 6.86. The van der Waals surface area contributed by atoms with Gasteiger partial charge in [-0.15, -0.1) is 0 Å². The molecule has 2 aromatic heterocycles. The number of carboxylic acids is 2. The van der Waals surface area contributed by atoms with Crippen LogP contribution in [0.4, 0.5) is 0 Å². The van der Waals surface area contributed by atoms with Crippen LogP contribution in [-0.2, 0) is 13.1 Å². The van der Waals surface area contributed by atoms with E-state index in [4.69, 9.17) is 21.4 Å². The van der Waals surface area contributed by atoms with Crippen LogP contribution in [0.1, 0.15) is 41.4 Å². The lowest BCUT2D eigenvalue weighted by Crippen LogP contribution is -2.13. The maximum absolute atomic E-state index is 12.1. The van der Waals surface area contributed by atoms with Gasteiger partial charge in [0, 0.05) is 35.3 Å². The van der Waals surface area contributed by atoms with E-state index in [1.807, 2.05) is 9.13 Å². The van der Waals surface area contributed by atoms with Crippen molar-refractivity contribution < 1.29 is 29.4 Å². The van der Waals surface area contributed by atoms with Gasteiger partial charge >= 0.3 is 11.9 Å². The number of aryl methyl sites for hydroxylation is 2. The third kappa shape index (κ3) is 4.79. The molecule has 218 valence electrons. The first-order valence-electron chi connectivity index (χ1n) is 13.4. The molecule has 0 aliphatic heterocycles. The molecule has 0 aliphatic rings. The summed E-state index contributed by atoms with van der Waals surface area (Å²) in [5.41, 5.74) is 14.5. The van der Waals surface area contributed by atoms with Crippen LogP contribution in [0.25, 0.3) is 44.8 Å². The number of nitrogens with zero attached hydrogens (tertiary/aromatic N) is 4. The lowest BCUT2D eigenvalue weighted by molar-refractivity contribution is 0.0686. The van der Waals surface area contributed by atoms with E-state index in [0.29, 0.717) is 44.8 Å². The molecule has 2 heterocycles. The third-order valence-corrected chi connectivity index (χ3v) is 7.41. The Labute approximate surface area is 248 Å². The molecular formula is C32H24N6O6. The van der Waals surface area contributed by atoms with Crippen molar-refractivity contribution in [3.05, 3.63) is 107 Å². The van der Waals surface area contributed by atoms with Crippen LogP contribution in [-0.4, -0.2) is 53.1 Å². The summed E-state index contributed by atoms with van der Waals surface area (Å²) >= 11 is 0. The largest absolute Gasteiger partial charge is 0.478 e. The predicted molar refractivity (Wildman–Crippen MR) is 161 cm³/mol. The molecule has 6 aromatic rings. The lowest BCUT2D eigenvalue weighted by atomic mass is 10.1. The SMILES string of the molecule is NC(=O)c1ccc2c(c1)nc(-c1ccccc1C(=O)O)n2CCn1c(-c2ccccc2C(=O)O)nc2cc(C(N)=O)ccc21. The zero-order chi connectivity index (χ0) is 31.1. The van der Waals surface area contributed by atoms with E-state index in [1.54, 1.807) is 72.8 Å². The van der Waals surface area contributed by atoms with E-state index >= 15 is 0 Å². The number of hydrogen-bond acceptors (Lipinski definition) is 6. The zero-order valence-electron chi connectivity index (χ0n) is 23.0. The number of aromatic carboxylic acids is 2. The van der Waals surface area contributed by atoms with Gasteiger partial charge in [0.25, 0.3) is 0 Å². The lowest BCUT2D eigenvalue weighted by Gasteiger charge is -2.15. The molecule has 6 rings (SSSR count). The molecule has 6 N–H and O–H groups in total. The molecule has 2 amide bonds. The number of fused-ring (bicyclic) bond motifs is 2. The van der Waals surface area contributed by atoms with Crippen LogP contribution < -0.4 is 11.5 Å². The molecular weight excluding hydrogens is 564 g/mol. The highest BCUT2D eigenvalue weighted by Crippen LogP contribution is 2.31. The van der Waals surface area contributed by atoms with E-state index in [9.17, 15) is 29.4 Å². The molecule has 12 nitrogen and oxygen atoms in total. The number of amides is 2. The quantitative estimate of drug-likeness (QED) is 0.194. The molecule has 0 bridgehead atoms. The van der Waals surface area contributed by atoms with Gasteiger partial charge in [-0.2, -0.15) is 0 Å². The summed E-state index contributed by atoms with van der Waals surface area (Å²) < 4.78 is 3.66. The van der Waals surface area contributed by atoms with Crippen molar-refractivity contribution in [2.75, 3.05) is 0 Å². The van der Waals surface area contributed by atoms with Crippen molar-refractivity contribution in [3.8, 4) is 22.8 Å². The van der Waals surface area contributed by atoms with Gasteiger partial charge in [0.1, 0.15) is 11.6 Å². The second-order valence-corrected chi connectivity index (χ2v) is 10.0. The molecule has 12 heteroatoms. The van der Waals surface area contributed by atoms with Crippen LogP contribution in [0.15, 0.2) is 84.9 Å². The van der Waals surface area contributed by atoms with Crippen molar-refractivity contribution in [2.45, 2.75) is 13.1 Å². The van der Waals surface area contributed by atoms with Crippen molar-refractivity contribution >= 4 is 45.8 Å². The Bertz CT molecular complexity index is 2010. The van der Waals surface area contributed by atoms with Crippen molar-refractivity contribution in [3.63, 3.8) is 0 Å². The van der Waals surface area contributed by atoms with Gasteiger partial charge in [0.2, 0.25) is 11.8 Å². The molecule has 0 aliphatic carbocycles. The van der Waals surface area contributed by atoms with Gasteiger partial charge in [-0.1, -0.05) is 36.4 Å². The summed E-state index contributed by atoms with van der Waals surface area (Å²) in [7, 11) is 0. The normalized spacial score (nSPS) is 11.2. The van der Waals surface area contributed by atoms with E-state index in [1.165, 1.54) is 12.1 Å². The molecule has 0 spiro atoms. The molecule has 0 radical (unpaired) electrons. The number of imidazole rings is 2. The zero-order valence-corrected chi connectivity index (χ0v) is 23.0. The summed E-state index contributed by atoms with van der Waals surface area (Å²) in [6, 6.07) is 22.6. The number of hydrogen-bond donors (Lipinski definition) is 4. The minimum absolute atomic E-state index is 0.0438. The number of benzene rings is 4. The smallest absolute Gasteiger partial charge is 0.336 e. The first kappa shape index (κ1) is 27.8. The van der Waals surface area contributed by atoms with Gasteiger partial charge in [0.05, 0.1) is 33.2 Å². The van der Waals surface area contributed by atoms with E-state index in [-0.39, 0.29) is 35.3 Å². The van der Waals surface area contributed by atoms with Gasteiger partial charge in [-0.25, -0.2) is 19.6 Å². The number of primary amides is 2. The Morgan fingerprint density at radius 3 is 1.34 bits per heavy atom. The fourth-order valence-electron chi connectivity index (χ4n) is 5.36. The fraction of sp³-hybridized carbons (Fsp3) is 0.0625. The van der Waals surface area contributed by atoms with Gasteiger partial charge < -0.3 is 30.8 Å². The van der Waals surface area contributed by atoms with Crippen LogP contribution in [0.5, 0.6) is 0 Å². The number of aromatic nitrogens is 4. The van der Waals surface area contributed by atoms with Crippen LogP contribution in [0, 0.1) is 0 Å². The minimum atomic E-state index is -1.13. The van der Waals surface area contributed by atoms with Crippen molar-refractivity contribution in [2.24, 2.45) is 11.5 Å². The average molecular weight is 589 g/mol. The van der Waals surface area contributed by atoms with Crippen LogP contribution in [0.2, 0.25) is 0 Å². The van der Waals surface area contributed by atoms with E-state index < -0.39 is 23.8 Å². The molecule has 0 unspecified atom stereocenters. The highest BCUT2D eigenvalue weighted by atomic mass is 16.4. The number of nitrogens with two attached hydrogens (primary N) is 2. The first-order chi connectivity index (χ1) is 21.1. The van der Waals surface area contributed by atoms with Crippen LogP contribution in [0.3, 0.4) is 0 Å². The second kappa shape index (κ2) is 10.8. The van der Waals surface area contributed by atoms with E-state index in [2.05, 4.69) is 0 Å². The Balaban J connectivity index is 1.55. The molecule has 44 heavy (non-hydrogen) atoms. The van der Waals surface area contributed by atoms with Gasteiger partial charge in [-0.3, -0.25) is 9.59 Å². The van der Waals surface area contributed by atoms with Crippen molar-refractivity contribution in [1.29, 1.82) is 0 Å². The molecule has 4 aromatic carbocycles. The summed E-state index contributed by atoms with van der Waals surface area (Å²) in [6.45, 7) is 0.474. The third-order valence-electron chi connectivity index (χ3n) is 7.41. The van der Waals surface area contributed by atoms with Gasteiger partial charge in [-0.05, 0) is 48.5 Å². The predicted octanol–water partition coefficient (Wildman–Crippen LogP) is 4.01. The Morgan fingerprint density at radius 1 is 0.591 bits per heavy atom. The monoisotopic (exact) mass is 588 g/mol. The van der Waals surface area contributed by atoms with Gasteiger partial charge in [0.15, 0.2) is 0 Å². The molecule has 0 saturated carbocycles. The fourth-order valence-corrected chi connectivity index (χ4v) is 5.36. The highest BCUT2D eigenvalue weighted by molar-refractivity contribution is 6.00. The first-order valence-corrected chi connectivity index (χ1v) is 13.4. The standard InChI is InChI=1S/C32H24N6O6/c33-27(39)17-9-11-25-23(15-17)35-29(19-5-1-3-7-21(19)31(41)42)37(25)13-14-38-26-12-10-18(28(34)40)16-24(26)36-30(38)20-6-2-4-8-22(20)32(43)44/h1-12,15-16H,13-14H2,(H2,33,39)(H2,34,40)(H,41,42)(H,43,44). The number of carbonyl (C=O) groups excluding carboxylic acids is 2. The Morgan fingerprint density at radius 2 is 0.977 bits per heavy atom.